The fraction of sp³-hybridized carbons (Fsp3) is 0.455. The second-order valence-electron chi connectivity index (χ2n) is 8.59. The molecule has 2 aliphatic rings. The van der Waals surface area contributed by atoms with Crippen LogP contribution in [0.15, 0.2) is 30.5 Å². The summed E-state index contributed by atoms with van der Waals surface area (Å²) in [7, 11) is -1.32. The maximum atomic E-state index is 12.2. The summed E-state index contributed by atoms with van der Waals surface area (Å²) < 4.78 is 31.4. The van der Waals surface area contributed by atoms with E-state index >= 15 is 0 Å². The van der Waals surface area contributed by atoms with E-state index in [9.17, 15) is 8.42 Å². The van der Waals surface area contributed by atoms with Gasteiger partial charge >= 0.3 is 0 Å². The lowest BCUT2D eigenvalue weighted by Gasteiger charge is -2.22. The average Bonchev–Trinajstić information content (AvgIpc) is 3.40. The van der Waals surface area contributed by atoms with Crippen LogP contribution in [-0.2, 0) is 21.3 Å². The van der Waals surface area contributed by atoms with E-state index in [1.165, 1.54) is 0 Å². The average molecular weight is 487 g/mol. The lowest BCUT2D eigenvalue weighted by Crippen LogP contribution is -2.34. The zero-order chi connectivity index (χ0) is 24.5. The van der Waals surface area contributed by atoms with Crippen molar-refractivity contribution < 1.29 is 13.2 Å². The molecule has 2 aromatic rings. The maximum Gasteiger partial charge on any atom is 0.243 e. The van der Waals surface area contributed by atoms with Crippen molar-refractivity contribution in [1.82, 2.24) is 19.6 Å². The summed E-state index contributed by atoms with van der Waals surface area (Å²) in [6.45, 7) is 4.71. The fourth-order valence-corrected chi connectivity index (χ4v) is 5.65. The topological polar surface area (TPSA) is 161 Å². The van der Waals surface area contributed by atoms with Crippen LogP contribution in [0.5, 0.6) is 0 Å². The number of nitrogens with zero attached hydrogens (tertiary/aromatic N) is 4. The Morgan fingerprint density at radius 2 is 1.79 bits per heavy atom. The molecule has 2 fully saturated rings. The molecule has 12 heteroatoms. The highest BCUT2D eigenvalue weighted by atomic mass is 32.2. The molecule has 182 valence electrons. The first-order chi connectivity index (χ1) is 16.2. The van der Waals surface area contributed by atoms with Gasteiger partial charge in [0.1, 0.15) is 5.82 Å². The number of nitrogens with one attached hydrogen (secondary N) is 3. The predicted molar refractivity (Wildman–Crippen MR) is 131 cm³/mol. The van der Waals surface area contributed by atoms with E-state index in [0.717, 1.165) is 5.56 Å². The number of hydrogen-bond acceptors (Lipinski definition) is 10. The van der Waals surface area contributed by atoms with Crippen LogP contribution in [0.4, 0.5) is 11.6 Å². The molecule has 0 spiro atoms. The first-order valence-electron chi connectivity index (χ1n) is 11.2. The van der Waals surface area contributed by atoms with Gasteiger partial charge in [-0.15, -0.1) is 0 Å². The number of aromatic nitrogens is 2. The lowest BCUT2D eigenvalue weighted by molar-refractivity contribution is 0.454. The molecule has 3 heterocycles. The van der Waals surface area contributed by atoms with Gasteiger partial charge in [-0.1, -0.05) is 12.1 Å². The first-order valence-corrected chi connectivity index (χ1v) is 12.8. The number of rotatable bonds is 7. The Labute approximate surface area is 199 Å². The molecular formula is C22H30N8O3S. The SMILES string of the molecule is CCS(=O)(=O)N1CC2CN(c3cnc(N)c(C(=N)OC(=N)c4ccc(CNC)cc4)n3)CC2C1. The van der Waals surface area contributed by atoms with Crippen LogP contribution >= 0.6 is 0 Å². The van der Waals surface area contributed by atoms with Crippen molar-refractivity contribution in [2.45, 2.75) is 13.5 Å². The smallest absolute Gasteiger partial charge is 0.243 e. The number of sulfonamides is 1. The molecule has 2 atom stereocenters. The minimum absolute atomic E-state index is 0.0468. The summed E-state index contributed by atoms with van der Waals surface area (Å²) in [4.78, 5) is 10.7. The van der Waals surface area contributed by atoms with Crippen LogP contribution in [-0.4, -0.2) is 73.5 Å². The summed E-state index contributed by atoms with van der Waals surface area (Å²) in [5.74, 6) is 0.625. The van der Waals surface area contributed by atoms with Crippen molar-refractivity contribution in [1.29, 1.82) is 10.8 Å². The number of nitrogens with two attached hydrogens (primary N) is 1. The molecule has 2 aliphatic heterocycles. The Morgan fingerprint density at radius 1 is 1.15 bits per heavy atom. The summed E-state index contributed by atoms with van der Waals surface area (Å²) in [6.07, 6.45) is 1.56. The van der Waals surface area contributed by atoms with Gasteiger partial charge in [-0.3, -0.25) is 10.8 Å². The fourth-order valence-electron chi connectivity index (χ4n) is 4.44. The van der Waals surface area contributed by atoms with E-state index in [-0.39, 0.29) is 40.9 Å². The van der Waals surface area contributed by atoms with E-state index < -0.39 is 10.0 Å². The van der Waals surface area contributed by atoms with Crippen LogP contribution in [0.3, 0.4) is 0 Å². The normalized spacial score (nSPS) is 20.4. The molecule has 0 aliphatic carbocycles. The summed E-state index contributed by atoms with van der Waals surface area (Å²) in [5.41, 5.74) is 7.64. The first kappa shape index (κ1) is 24.0. The van der Waals surface area contributed by atoms with Crippen LogP contribution in [0.1, 0.15) is 23.7 Å². The largest absolute Gasteiger partial charge is 0.419 e. The van der Waals surface area contributed by atoms with Gasteiger partial charge in [0.05, 0.1) is 11.9 Å². The van der Waals surface area contributed by atoms with Crippen molar-refractivity contribution >= 4 is 33.5 Å². The Balaban J connectivity index is 1.42. The van der Waals surface area contributed by atoms with Gasteiger partial charge < -0.3 is 20.7 Å². The lowest BCUT2D eigenvalue weighted by atomic mass is 10.0. The van der Waals surface area contributed by atoms with Crippen molar-refractivity contribution in [3.63, 3.8) is 0 Å². The van der Waals surface area contributed by atoms with E-state index in [1.54, 1.807) is 29.6 Å². The van der Waals surface area contributed by atoms with Gasteiger partial charge in [0.15, 0.2) is 11.5 Å². The zero-order valence-corrected chi connectivity index (χ0v) is 20.1. The van der Waals surface area contributed by atoms with Crippen LogP contribution in [0.2, 0.25) is 0 Å². The molecule has 11 nitrogen and oxygen atoms in total. The van der Waals surface area contributed by atoms with Crippen molar-refractivity contribution in [2.75, 3.05) is 49.6 Å². The number of nitrogen functional groups attached to an aromatic ring is 1. The summed E-state index contributed by atoms with van der Waals surface area (Å²) in [6, 6.07) is 7.30. The van der Waals surface area contributed by atoms with Gasteiger partial charge in [-0.2, -0.15) is 0 Å². The number of ether oxygens (including phenoxy) is 1. The molecule has 4 rings (SSSR count). The molecule has 1 aromatic carbocycles. The second-order valence-corrected chi connectivity index (χ2v) is 10.8. The van der Waals surface area contributed by atoms with Crippen LogP contribution in [0, 0.1) is 22.7 Å². The summed E-state index contributed by atoms with van der Waals surface area (Å²) in [5, 5.41) is 19.6. The van der Waals surface area contributed by atoms with E-state index in [2.05, 4.69) is 15.3 Å². The highest BCUT2D eigenvalue weighted by Crippen LogP contribution is 2.34. The predicted octanol–water partition coefficient (Wildman–Crippen LogP) is 0.863. The van der Waals surface area contributed by atoms with Crippen molar-refractivity contribution in [3.8, 4) is 0 Å². The molecule has 0 amide bonds. The van der Waals surface area contributed by atoms with Gasteiger partial charge in [0.25, 0.3) is 0 Å². The Kier molecular flexibility index (Phi) is 6.82. The monoisotopic (exact) mass is 486 g/mol. The van der Waals surface area contributed by atoms with Crippen molar-refractivity contribution in [2.24, 2.45) is 11.8 Å². The molecule has 34 heavy (non-hydrogen) atoms. The molecule has 0 radical (unpaired) electrons. The summed E-state index contributed by atoms with van der Waals surface area (Å²) >= 11 is 0. The Morgan fingerprint density at radius 3 is 2.38 bits per heavy atom. The third-order valence-electron chi connectivity index (χ3n) is 6.34. The third-order valence-corrected chi connectivity index (χ3v) is 8.15. The zero-order valence-electron chi connectivity index (χ0n) is 19.3. The maximum absolute atomic E-state index is 12.2. The number of anilines is 2. The van der Waals surface area contributed by atoms with E-state index in [0.29, 0.717) is 44.1 Å². The highest BCUT2D eigenvalue weighted by molar-refractivity contribution is 7.89. The van der Waals surface area contributed by atoms with E-state index in [1.807, 2.05) is 24.1 Å². The Bertz CT molecular complexity index is 1170. The second kappa shape index (κ2) is 9.65. The van der Waals surface area contributed by atoms with Crippen LogP contribution in [0.25, 0.3) is 0 Å². The molecule has 0 saturated carbocycles. The van der Waals surface area contributed by atoms with Gasteiger partial charge in [-0.25, -0.2) is 22.7 Å². The van der Waals surface area contributed by atoms with Gasteiger partial charge in [0, 0.05) is 38.3 Å². The quantitative estimate of drug-likeness (QED) is 0.331. The number of hydrogen-bond donors (Lipinski definition) is 4. The number of benzene rings is 1. The molecule has 5 N–H and O–H groups in total. The highest BCUT2D eigenvalue weighted by Gasteiger charge is 2.43. The van der Waals surface area contributed by atoms with Gasteiger partial charge in [0.2, 0.25) is 21.8 Å². The minimum atomic E-state index is -3.18. The van der Waals surface area contributed by atoms with Crippen LogP contribution < -0.4 is 16.0 Å². The minimum Gasteiger partial charge on any atom is -0.419 e. The molecule has 1 aromatic heterocycles. The number of fused-ring (bicyclic) bond motifs is 1. The van der Waals surface area contributed by atoms with E-state index in [4.69, 9.17) is 21.3 Å². The van der Waals surface area contributed by atoms with Crippen molar-refractivity contribution in [3.05, 3.63) is 47.3 Å². The van der Waals surface area contributed by atoms with Gasteiger partial charge in [-0.05, 0) is 43.5 Å². The molecular weight excluding hydrogens is 456 g/mol. The molecule has 2 saturated heterocycles. The third kappa shape index (κ3) is 4.88. The standard InChI is InChI=1S/C22H30N8O3S/c1-3-34(31,32)30-12-16-10-29(11-17(16)13-30)18-9-27-20(23)19(28-18)22(25)33-21(24)15-6-4-14(5-7-15)8-26-2/h4-7,9,16-17,24-26H,3,8,10-13H2,1-2H3,(H2,23,27). The Hall–Kier alpha value is -3.09. The molecule has 0 bridgehead atoms. The molecule has 2 unspecified atom stereocenters.